The number of rotatable bonds is 3. The van der Waals surface area contributed by atoms with Crippen LogP contribution in [0.2, 0.25) is 0 Å². The molecule has 4 atom stereocenters. The van der Waals surface area contributed by atoms with Crippen molar-refractivity contribution < 1.29 is 9.90 Å². The Morgan fingerprint density at radius 2 is 2.40 bits per heavy atom. The van der Waals surface area contributed by atoms with Crippen LogP contribution in [0.25, 0.3) is 0 Å². The highest BCUT2D eigenvalue weighted by atomic mass is 16.4. The minimum absolute atomic E-state index is 0.447. The standard InChI is InChI=1S/C11H20N2O2/c1-2-8-7-13-4-3-9(8)5-10(13)6-12-11(14)15/h8-10,12H,2-7H2,1H3,(H,14,15). The van der Waals surface area contributed by atoms with E-state index in [4.69, 9.17) is 5.11 Å². The first-order valence-electron chi connectivity index (χ1n) is 5.91. The summed E-state index contributed by atoms with van der Waals surface area (Å²) in [4.78, 5) is 12.9. The monoisotopic (exact) mass is 212 g/mol. The molecule has 0 saturated carbocycles. The molecule has 4 unspecified atom stereocenters. The number of piperidine rings is 3. The van der Waals surface area contributed by atoms with Crippen LogP contribution in [0.5, 0.6) is 0 Å². The molecule has 0 radical (unpaired) electrons. The van der Waals surface area contributed by atoms with Crippen LogP contribution in [0.15, 0.2) is 0 Å². The molecule has 1 amide bonds. The van der Waals surface area contributed by atoms with Gasteiger partial charge in [-0.1, -0.05) is 13.3 Å². The number of hydrogen-bond donors (Lipinski definition) is 2. The zero-order valence-corrected chi connectivity index (χ0v) is 9.28. The average molecular weight is 212 g/mol. The van der Waals surface area contributed by atoms with E-state index < -0.39 is 6.09 Å². The molecule has 2 N–H and O–H groups in total. The Kier molecular flexibility index (Phi) is 3.14. The van der Waals surface area contributed by atoms with Gasteiger partial charge in [0.2, 0.25) is 0 Å². The molecule has 0 aliphatic carbocycles. The van der Waals surface area contributed by atoms with Crippen LogP contribution in [0.3, 0.4) is 0 Å². The summed E-state index contributed by atoms with van der Waals surface area (Å²) in [5.74, 6) is 1.68. The highest BCUT2D eigenvalue weighted by molar-refractivity contribution is 5.64. The molecule has 0 aromatic heterocycles. The largest absolute Gasteiger partial charge is 0.465 e. The molecule has 15 heavy (non-hydrogen) atoms. The lowest BCUT2D eigenvalue weighted by Gasteiger charge is -2.49. The molecule has 0 aromatic rings. The molecule has 0 aromatic carbocycles. The third-order valence-corrected chi connectivity index (χ3v) is 4.03. The van der Waals surface area contributed by atoms with Gasteiger partial charge in [0.25, 0.3) is 0 Å². The topological polar surface area (TPSA) is 52.6 Å². The molecule has 4 nitrogen and oxygen atoms in total. The highest BCUT2D eigenvalue weighted by Gasteiger charge is 2.38. The van der Waals surface area contributed by atoms with E-state index in [9.17, 15) is 4.79 Å². The van der Waals surface area contributed by atoms with Crippen LogP contribution < -0.4 is 5.32 Å². The number of nitrogens with zero attached hydrogens (tertiary/aromatic N) is 1. The van der Waals surface area contributed by atoms with Gasteiger partial charge in [-0.25, -0.2) is 4.79 Å². The molecule has 3 rings (SSSR count). The SMILES string of the molecule is CCC1CN2CCC1CC2CNC(=O)O. The smallest absolute Gasteiger partial charge is 0.404 e. The van der Waals surface area contributed by atoms with Crippen LogP contribution in [-0.2, 0) is 0 Å². The van der Waals surface area contributed by atoms with Gasteiger partial charge < -0.3 is 10.4 Å². The van der Waals surface area contributed by atoms with Gasteiger partial charge in [-0.2, -0.15) is 0 Å². The minimum Gasteiger partial charge on any atom is -0.465 e. The summed E-state index contributed by atoms with van der Waals surface area (Å²) in [6.45, 7) is 5.19. The van der Waals surface area contributed by atoms with Crippen molar-refractivity contribution in [2.75, 3.05) is 19.6 Å². The van der Waals surface area contributed by atoms with Crippen molar-refractivity contribution in [2.45, 2.75) is 32.2 Å². The van der Waals surface area contributed by atoms with E-state index in [-0.39, 0.29) is 0 Å². The molecule has 2 bridgehead atoms. The van der Waals surface area contributed by atoms with E-state index in [0.29, 0.717) is 12.6 Å². The lowest BCUT2D eigenvalue weighted by molar-refractivity contribution is 0.000845. The number of carboxylic acid groups (broad SMARTS) is 1. The molecule has 4 heteroatoms. The van der Waals surface area contributed by atoms with Gasteiger partial charge >= 0.3 is 6.09 Å². The fourth-order valence-corrected chi connectivity index (χ4v) is 3.13. The lowest BCUT2D eigenvalue weighted by atomic mass is 9.74. The van der Waals surface area contributed by atoms with Gasteiger partial charge in [0.15, 0.2) is 0 Å². The van der Waals surface area contributed by atoms with Gasteiger partial charge in [0.1, 0.15) is 0 Å². The van der Waals surface area contributed by atoms with Crippen molar-refractivity contribution in [1.82, 2.24) is 10.2 Å². The highest BCUT2D eigenvalue weighted by Crippen LogP contribution is 2.37. The van der Waals surface area contributed by atoms with Crippen LogP contribution in [-0.4, -0.2) is 41.8 Å². The number of fused-ring (bicyclic) bond motifs is 3. The summed E-state index contributed by atoms with van der Waals surface area (Å²) in [5, 5.41) is 11.1. The second kappa shape index (κ2) is 4.39. The first-order valence-corrected chi connectivity index (χ1v) is 5.91. The summed E-state index contributed by atoms with van der Waals surface area (Å²) >= 11 is 0. The van der Waals surface area contributed by atoms with E-state index in [2.05, 4.69) is 17.1 Å². The first-order chi connectivity index (χ1) is 7.20. The van der Waals surface area contributed by atoms with Crippen molar-refractivity contribution in [1.29, 1.82) is 0 Å². The molecule has 3 aliphatic heterocycles. The number of carbonyl (C=O) groups is 1. The van der Waals surface area contributed by atoms with E-state index in [1.54, 1.807) is 0 Å². The fraction of sp³-hybridized carbons (Fsp3) is 0.909. The van der Waals surface area contributed by atoms with E-state index >= 15 is 0 Å². The molecular formula is C11H20N2O2. The van der Waals surface area contributed by atoms with E-state index in [0.717, 1.165) is 18.4 Å². The molecule has 3 heterocycles. The Hall–Kier alpha value is -0.770. The molecule has 3 aliphatic rings. The summed E-state index contributed by atoms with van der Waals surface area (Å²) in [5.41, 5.74) is 0. The second-order valence-corrected chi connectivity index (χ2v) is 4.79. The van der Waals surface area contributed by atoms with Crippen molar-refractivity contribution in [3.63, 3.8) is 0 Å². The van der Waals surface area contributed by atoms with Crippen LogP contribution >= 0.6 is 0 Å². The van der Waals surface area contributed by atoms with Crippen LogP contribution in [0.4, 0.5) is 4.79 Å². The zero-order valence-electron chi connectivity index (χ0n) is 9.28. The van der Waals surface area contributed by atoms with Gasteiger partial charge in [-0.15, -0.1) is 0 Å². The third kappa shape index (κ3) is 2.25. The molecular weight excluding hydrogens is 192 g/mol. The number of hydrogen-bond acceptors (Lipinski definition) is 2. The van der Waals surface area contributed by atoms with Crippen molar-refractivity contribution in [3.8, 4) is 0 Å². The average Bonchev–Trinajstić information content (AvgIpc) is 2.27. The number of nitrogens with one attached hydrogen (secondary N) is 1. The van der Waals surface area contributed by atoms with Gasteiger partial charge in [0.05, 0.1) is 0 Å². The van der Waals surface area contributed by atoms with Crippen LogP contribution in [0.1, 0.15) is 26.2 Å². The quantitative estimate of drug-likeness (QED) is 0.743. The maximum absolute atomic E-state index is 10.4. The number of amides is 1. The van der Waals surface area contributed by atoms with E-state index in [1.807, 2.05) is 0 Å². The predicted octanol–water partition coefficient (Wildman–Crippen LogP) is 1.37. The Morgan fingerprint density at radius 3 is 2.93 bits per heavy atom. The van der Waals surface area contributed by atoms with Crippen LogP contribution in [0, 0.1) is 11.8 Å². The van der Waals surface area contributed by atoms with Crippen molar-refractivity contribution >= 4 is 6.09 Å². The van der Waals surface area contributed by atoms with E-state index in [1.165, 1.54) is 25.8 Å². The molecule has 86 valence electrons. The van der Waals surface area contributed by atoms with Crippen molar-refractivity contribution in [2.24, 2.45) is 11.8 Å². The first kappa shape index (κ1) is 10.7. The zero-order chi connectivity index (χ0) is 10.8. The maximum Gasteiger partial charge on any atom is 0.404 e. The second-order valence-electron chi connectivity index (χ2n) is 4.79. The van der Waals surface area contributed by atoms with Gasteiger partial charge in [-0.05, 0) is 31.2 Å². The molecule has 3 saturated heterocycles. The third-order valence-electron chi connectivity index (χ3n) is 4.03. The lowest BCUT2D eigenvalue weighted by Crippen LogP contribution is -2.56. The maximum atomic E-state index is 10.4. The normalized spacial score (nSPS) is 39.0. The Labute approximate surface area is 90.6 Å². The summed E-state index contributed by atoms with van der Waals surface area (Å²) in [7, 11) is 0. The molecule has 3 fully saturated rings. The molecule has 0 spiro atoms. The summed E-state index contributed by atoms with van der Waals surface area (Å²) in [6, 6.07) is 0.447. The van der Waals surface area contributed by atoms with Gasteiger partial charge in [0, 0.05) is 19.1 Å². The summed E-state index contributed by atoms with van der Waals surface area (Å²) in [6.07, 6.45) is 2.85. The Balaban J connectivity index is 1.87. The van der Waals surface area contributed by atoms with Crippen molar-refractivity contribution in [3.05, 3.63) is 0 Å². The minimum atomic E-state index is -0.898. The summed E-state index contributed by atoms with van der Waals surface area (Å²) < 4.78 is 0. The Bertz CT molecular complexity index is 245. The van der Waals surface area contributed by atoms with Gasteiger partial charge in [-0.3, -0.25) is 4.90 Å². The fourth-order valence-electron chi connectivity index (χ4n) is 3.13. The predicted molar refractivity (Wildman–Crippen MR) is 57.9 cm³/mol. The Morgan fingerprint density at radius 1 is 1.60 bits per heavy atom.